The van der Waals surface area contributed by atoms with Crippen LogP contribution in [-0.4, -0.2) is 31.1 Å². The van der Waals surface area contributed by atoms with Crippen LogP contribution in [-0.2, 0) is 17.8 Å². The third-order valence-corrected chi connectivity index (χ3v) is 6.49. The highest BCUT2D eigenvalue weighted by Crippen LogP contribution is 2.41. The molecule has 4 rings (SSSR count). The molecule has 0 N–H and O–H groups in total. The molecule has 0 unspecified atom stereocenters. The molecule has 3 aromatic heterocycles. The summed E-state index contributed by atoms with van der Waals surface area (Å²) < 4.78 is 7.83. The molecule has 7 heteroatoms. The molecule has 0 saturated carbocycles. The zero-order valence-electron chi connectivity index (χ0n) is 15.5. The average Bonchev–Trinajstić information content (AvgIpc) is 3.10. The molecule has 3 aromatic rings. The Morgan fingerprint density at radius 2 is 2.19 bits per heavy atom. The van der Waals surface area contributed by atoms with Crippen molar-refractivity contribution in [2.75, 3.05) is 5.75 Å². The topological polar surface area (TPSA) is 52.8 Å². The number of hydrogen-bond donors (Lipinski definition) is 0. The molecular formula is C19H22N4OS2. The quantitative estimate of drug-likeness (QED) is 0.372. The van der Waals surface area contributed by atoms with Crippen molar-refractivity contribution in [2.24, 2.45) is 0 Å². The van der Waals surface area contributed by atoms with Crippen LogP contribution in [0.3, 0.4) is 0 Å². The smallest absolute Gasteiger partial charge is 0.253 e. The molecule has 0 bridgehead atoms. The van der Waals surface area contributed by atoms with E-state index in [2.05, 4.69) is 25.5 Å². The van der Waals surface area contributed by atoms with Gasteiger partial charge in [0.2, 0.25) is 0 Å². The molecule has 136 valence electrons. The lowest BCUT2D eigenvalue weighted by molar-refractivity contribution is -0.0379. The summed E-state index contributed by atoms with van der Waals surface area (Å²) >= 11 is 3.42. The number of aromatic nitrogens is 4. The van der Waals surface area contributed by atoms with Crippen LogP contribution < -0.4 is 0 Å². The van der Waals surface area contributed by atoms with Gasteiger partial charge < -0.3 is 4.74 Å². The van der Waals surface area contributed by atoms with Gasteiger partial charge in [-0.2, -0.15) is 10.1 Å². The first kappa shape index (κ1) is 17.7. The molecule has 0 amide bonds. The highest BCUT2D eigenvalue weighted by molar-refractivity contribution is 7.99. The van der Waals surface area contributed by atoms with Gasteiger partial charge in [-0.3, -0.25) is 0 Å². The van der Waals surface area contributed by atoms with Crippen LogP contribution in [0.25, 0.3) is 16.2 Å². The lowest BCUT2D eigenvalue weighted by Crippen LogP contribution is -2.31. The number of thioether (sulfide) groups is 1. The molecule has 0 saturated heterocycles. The van der Waals surface area contributed by atoms with Crippen molar-refractivity contribution < 1.29 is 4.74 Å². The van der Waals surface area contributed by atoms with E-state index in [9.17, 15) is 0 Å². The second kappa shape index (κ2) is 6.48. The average molecular weight is 387 g/mol. The van der Waals surface area contributed by atoms with E-state index in [0.29, 0.717) is 12.6 Å². The summed E-state index contributed by atoms with van der Waals surface area (Å²) in [5, 5.41) is 6.74. The molecule has 0 radical (unpaired) electrons. The minimum atomic E-state index is -0.157. The summed E-state index contributed by atoms with van der Waals surface area (Å²) in [4.78, 5) is 12.0. The molecule has 26 heavy (non-hydrogen) atoms. The summed E-state index contributed by atoms with van der Waals surface area (Å²) in [5.41, 5.74) is 3.18. The van der Waals surface area contributed by atoms with Crippen molar-refractivity contribution in [3.05, 3.63) is 40.5 Å². The van der Waals surface area contributed by atoms with E-state index in [0.717, 1.165) is 33.4 Å². The Balaban J connectivity index is 1.93. The van der Waals surface area contributed by atoms with Crippen molar-refractivity contribution >= 4 is 33.3 Å². The Kier molecular flexibility index (Phi) is 4.41. The van der Waals surface area contributed by atoms with Crippen LogP contribution in [0.4, 0.5) is 0 Å². The second-order valence-electron chi connectivity index (χ2n) is 7.18. The zero-order valence-corrected chi connectivity index (χ0v) is 17.1. The normalized spacial score (nSPS) is 16.0. The van der Waals surface area contributed by atoms with Crippen molar-refractivity contribution in [3.8, 4) is 5.95 Å². The van der Waals surface area contributed by atoms with Crippen LogP contribution in [0.1, 0.15) is 35.7 Å². The number of rotatable bonds is 4. The molecule has 1 aliphatic rings. The standard InChI is InChI=1S/C19H22N4OS2/c1-6-7-25-16-15-13-9-19(4,5)24-10-14(13)26-17(15)21-18(20-16)23-12(3)8-11(2)22-23/h6,8H,1,7,9-10H2,2-5H3. The SMILES string of the molecule is C=CCSc1nc(-n2nc(C)cc2C)nc2sc3c(c12)CC(C)(C)OC3. The Morgan fingerprint density at radius 3 is 2.88 bits per heavy atom. The summed E-state index contributed by atoms with van der Waals surface area (Å²) in [5.74, 6) is 1.45. The number of nitrogens with zero attached hydrogens (tertiary/aromatic N) is 4. The van der Waals surface area contributed by atoms with Gasteiger partial charge in [0, 0.05) is 28.1 Å². The van der Waals surface area contributed by atoms with E-state index in [4.69, 9.17) is 14.7 Å². The molecule has 0 spiro atoms. The number of aryl methyl sites for hydroxylation is 2. The molecule has 0 fully saturated rings. The summed E-state index contributed by atoms with van der Waals surface area (Å²) in [6.45, 7) is 12.8. The minimum absolute atomic E-state index is 0.157. The summed E-state index contributed by atoms with van der Waals surface area (Å²) in [6.07, 6.45) is 2.79. The maximum atomic E-state index is 6.00. The van der Waals surface area contributed by atoms with Crippen LogP contribution in [0, 0.1) is 13.8 Å². The Morgan fingerprint density at radius 1 is 1.38 bits per heavy atom. The fourth-order valence-corrected chi connectivity index (χ4v) is 5.22. The van der Waals surface area contributed by atoms with Crippen molar-refractivity contribution in [2.45, 2.75) is 51.3 Å². The largest absolute Gasteiger partial charge is 0.370 e. The fraction of sp³-hybridized carbons (Fsp3) is 0.421. The van der Waals surface area contributed by atoms with Gasteiger partial charge in [0.1, 0.15) is 9.86 Å². The van der Waals surface area contributed by atoms with E-state index < -0.39 is 0 Å². The van der Waals surface area contributed by atoms with Crippen molar-refractivity contribution in [1.29, 1.82) is 0 Å². The monoisotopic (exact) mass is 386 g/mol. The molecule has 5 nitrogen and oxygen atoms in total. The Bertz CT molecular complexity index is 1000. The van der Waals surface area contributed by atoms with E-state index in [1.807, 2.05) is 30.7 Å². The molecule has 1 aliphatic heterocycles. The maximum absolute atomic E-state index is 6.00. The first-order valence-electron chi connectivity index (χ1n) is 8.61. The third kappa shape index (κ3) is 3.08. The van der Waals surface area contributed by atoms with Crippen LogP contribution >= 0.6 is 23.1 Å². The molecule has 4 heterocycles. The van der Waals surface area contributed by atoms with E-state index in [1.54, 1.807) is 23.1 Å². The second-order valence-corrected chi connectivity index (χ2v) is 9.27. The molecule has 0 aliphatic carbocycles. The van der Waals surface area contributed by atoms with Gasteiger partial charge in [-0.05, 0) is 39.3 Å². The van der Waals surface area contributed by atoms with Gasteiger partial charge in [-0.15, -0.1) is 29.7 Å². The van der Waals surface area contributed by atoms with Crippen molar-refractivity contribution in [1.82, 2.24) is 19.7 Å². The van der Waals surface area contributed by atoms with Crippen LogP contribution in [0.15, 0.2) is 23.7 Å². The number of hydrogen-bond acceptors (Lipinski definition) is 6. The number of fused-ring (bicyclic) bond motifs is 3. The van der Waals surface area contributed by atoms with E-state index in [1.165, 1.54) is 15.8 Å². The van der Waals surface area contributed by atoms with E-state index in [-0.39, 0.29) is 5.60 Å². The van der Waals surface area contributed by atoms with Gasteiger partial charge >= 0.3 is 0 Å². The lowest BCUT2D eigenvalue weighted by atomic mass is 9.95. The highest BCUT2D eigenvalue weighted by atomic mass is 32.2. The number of thiophene rings is 1. The third-order valence-electron chi connectivity index (χ3n) is 4.42. The molecule has 0 atom stereocenters. The molecule has 0 aromatic carbocycles. The van der Waals surface area contributed by atoms with Gasteiger partial charge in [0.05, 0.1) is 17.9 Å². The van der Waals surface area contributed by atoms with Crippen LogP contribution in [0.2, 0.25) is 0 Å². The van der Waals surface area contributed by atoms with Gasteiger partial charge in [0.25, 0.3) is 5.95 Å². The predicted octanol–water partition coefficient (Wildman–Crippen LogP) is 4.62. The van der Waals surface area contributed by atoms with Crippen LogP contribution in [0.5, 0.6) is 0 Å². The molecular weight excluding hydrogens is 364 g/mol. The summed E-state index contributed by atoms with van der Waals surface area (Å²) in [6, 6.07) is 2.04. The van der Waals surface area contributed by atoms with Gasteiger partial charge in [-0.25, -0.2) is 9.67 Å². The van der Waals surface area contributed by atoms with Crippen molar-refractivity contribution in [3.63, 3.8) is 0 Å². The fourth-order valence-electron chi connectivity index (χ4n) is 3.27. The Labute approximate surface area is 161 Å². The van der Waals surface area contributed by atoms with Gasteiger partial charge in [0.15, 0.2) is 0 Å². The highest BCUT2D eigenvalue weighted by Gasteiger charge is 2.31. The predicted molar refractivity (Wildman–Crippen MR) is 108 cm³/mol. The van der Waals surface area contributed by atoms with E-state index >= 15 is 0 Å². The maximum Gasteiger partial charge on any atom is 0.253 e. The number of ether oxygens (including phenoxy) is 1. The minimum Gasteiger partial charge on any atom is -0.370 e. The Hall–Kier alpha value is -1.70. The first-order valence-corrected chi connectivity index (χ1v) is 10.4. The lowest BCUT2D eigenvalue weighted by Gasteiger charge is -2.30. The zero-order chi connectivity index (χ0) is 18.5. The first-order chi connectivity index (χ1) is 12.4. The van der Waals surface area contributed by atoms with Gasteiger partial charge in [-0.1, -0.05) is 6.08 Å². The summed E-state index contributed by atoms with van der Waals surface area (Å²) in [7, 11) is 0.